The Hall–Kier alpha value is 0.0500. The van der Waals surface area contributed by atoms with E-state index >= 15 is 0 Å². The summed E-state index contributed by atoms with van der Waals surface area (Å²) in [7, 11) is -0.000904. The van der Waals surface area contributed by atoms with Crippen molar-refractivity contribution in [1.29, 1.82) is 0 Å². The number of nitrogens with zero attached hydrogens (tertiary/aromatic N) is 1. The second-order valence-electron chi connectivity index (χ2n) is 3.65. The van der Waals surface area contributed by atoms with E-state index < -0.39 is 10.0 Å². The van der Waals surface area contributed by atoms with Crippen LogP contribution in [0.25, 0.3) is 0 Å². The van der Waals surface area contributed by atoms with Crippen molar-refractivity contribution in [3.63, 3.8) is 0 Å². The first-order valence-corrected chi connectivity index (χ1v) is 8.40. The maximum atomic E-state index is 11.9. The standard InChI is InChI=1S/C10H16BrNO3S2/c1-12(7-10-6-9(11)8-16-10)17(13,14)5-3-4-15-2/h6,8H,3-5,7H2,1-2H3. The molecule has 0 aliphatic rings. The Labute approximate surface area is 115 Å². The normalized spacial score (nSPS) is 12.2. The number of hydrogen-bond donors (Lipinski definition) is 0. The van der Waals surface area contributed by atoms with Crippen molar-refractivity contribution in [1.82, 2.24) is 4.31 Å². The van der Waals surface area contributed by atoms with Crippen LogP contribution < -0.4 is 0 Å². The molecule has 0 spiro atoms. The fraction of sp³-hybridized carbons (Fsp3) is 0.600. The van der Waals surface area contributed by atoms with Crippen molar-refractivity contribution in [2.24, 2.45) is 0 Å². The molecule has 4 nitrogen and oxygen atoms in total. The summed E-state index contributed by atoms with van der Waals surface area (Å²) in [5, 5.41) is 1.95. The molecule has 0 atom stereocenters. The lowest BCUT2D eigenvalue weighted by atomic mass is 10.5. The summed E-state index contributed by atoms with van der Waals surface area (Å²) in [6, 6.07) is 1.94. The predicted octanol–water partition coefficient (Wildman–Crippen LogP) is 2.31. The molecule has 1 aromatic rings. The van der Waals surface area contributed by atoms with Crippen molar-refractivity contribution in [3.8, 4) is 0 Å². The van der Waals surface area contributed by atoms with Crippen LogP contribution in [0.2, 0.25) is 0 Å². The Morgan fingerprint density at radius 2 is 2.24 bits per heavy atom. The SMILES string of the molecule is COCCCS(=O)(=O)N(C)Cc1cc(Br)cs1. The summed E-state index contributed by atoms with van der Waals surface area (Å²) in [5.74, 6) is 0.129. The van der Waals surface area contributed by atoms with Gasteiger partial charge in [-0.2, -0.15) is 4.31 Å². The van der Waals surface area contributed by atoms with Crippen LogP contribution in [-0.2, 0) is 21.3 Å². The van der Waals surface area contributed by atoms with Crippen LogP contribution in [0.3, 0.4) is 0 Å². The lowest BCUT2D eigenvalue weighted by Crippen LogP contribution is -2.28. The second kappa shape index (κ2) is 6.84. The van der Waals surface area contributed by atoms with E-state index in [1.54, 1.807) is 25.5 Å². The van der Waals surface area contributed by atoms with Crippen molar-refractivity contribution >= 4 is 37.3 Å². The summed E-state index contributed by atoms with van der Waals surface area (Å²) < 4.78 is 31.0. The van der Waals surface area contributed by atoms with E-state index in [-0.39, 0.29) is 5.75 Å². The molecule has 98 valence electrons. The molecule has 0 radical (unpaired) electrons. The van der Waals surface area contributed by atoms with Gasteiger partial charge in [-0.1, -0.05) is 0 Å². The number of ether oxygens (including phenoxy) is 1. The molecule has 1 aromatic heterocycles. The lowest BCUT2D eigenvalue weighted by Gasteiger charge is -2.15. The van der Waals surface area contributed by atoms with E-state index in [1.165, 1.54) is 4.31 Å². The van der Waals surface area contributed by atoms with Crippen LogP contribution in [0.5, 0.6) is 0 Å². The lowest BCUT2D eigenvalue weighted by molar-refractivity contribution is 0.199. The third kappa shape index (κ3) is 5.05. The molecular weight excluding hydrogens is 326 g/mol. The Morgan fingerprint density at radius 3 is 2.76 bits per heavy atom. The molecule has 0 amide bonds. The van der Waals surface area contributed by atoms with Gasteiger partial charge in [-0.25, -0.2) is 8.42 Å². The quantitative estimate of drug-likeness (QED) is 0.715. The zero-order valence-electron chi connectivity index (χ0n) is 9.85. The zero-order chi connectivity index (χ0) is 12.9. The molecule has 0 bridgehead atoms. The Bertz CT molecular complexity index is 444. The van der Waals surface area contributed by atoms with Crippen LogP contribution in [0.4, 0.5) is 0 Å². The number of thiophene rings is 1. The number of rotatable bonds is 7. The molecular formula is C10H16BrNO3S2. The average Bonchev–Trinajstić information content (AvgIpc) is 2.64. The molecule has 0 N–H and O–H groups in total. The van der Waals surface area contributed by atoms with Crippen LogP contribution in [0.1, 0.15) is 11.3 Å². The highest BCUT2D eigenvalue weighted by Crippen LogP contribution is 2.21. The van der Waals surface area contributed by atoms with Crippen molar-refractivity contribution in [3.05, 3.63) is 20.8 Å². The summed E-state index contributed by atoms with van der Waals surface area (Å²) in [6.45, 7) is 0.892. The number of hydrogen-bond acceptors (Lipinski definition) is 4. The number of halogens is 1. The molecule has 0 aromatic carbocycles. The van der Waals surface area contributed by atoms with E-state index in [0.717, 1.165) is 9.35 Å². The van der Waals surface area contributed by atoms with E-state index in [0.29, 0.717) is 19.6 Å². The van der Waals surface area contributed by atoms with Gasteiger partial charge in [0.2, 0.25) is 10.0 Å². The van der Waals surface area contributed by atoms with Gasteiger partial charge in [0.25, 0.3) is 0 Å². The molecule has 0 aliphatic heterocycles. The average molecular weight is 342 g/mol. The van der Waals surface area contributed by atoms with Crippen LogP contribution in [-0.4, -0.2) is 39.2 Å². The minimum absolute atomic E-state index is 0.129. The summed E-state index contributed by atoms with van der Waals surface area (Å²) in [6.07, 6.45) is 0.525. The first kappa shape index (κ1) is 15.1. The van der Waals surface area contributed by atoms with Gasteiger partial charge < -0.3 is 4.74 Å². The second-order valence-corrected chi connectivity index (χ2v) is 7.76. The smallest absolute Gasteiger partial charge is 0.214 e. The van der Waals surface area contributed by atoms with E-state index in [1.807, 2.05) is 11.4 Å². The van der Waals surface area contributed by atoms with E-state index in [4.69, 9.17) is 4.74 Å². The summed E-state index contributed by atoms with van der Waals surface area (Å²) >= 11 is 4.89. The first-order valence-electron chi connectivity index (χ1n) is 5.11. The predicted molar refractivity (Wildman–Crippen MR) is 73.8 cm³/mol. The topological polar surface area (TPSA) is 46.6 Å². The molecule has 7 heteroatoms. The highest BCUT2D eigenvalue weighted by Gasteiger charge is 2.18. The molecule has 0 fully saturated rings. The molecule has 1 rings (SSSR count). The molecule has 17 heavy (non-hydrogen) atoms. The Morgan fingerprint density at radius 1 is 1.53 bits per heavy atom. The Balaban J connectivity index is 2.53. The third-order valence-corrected chi connectivity index (χ3v) is 5.79. The van der Waals surface area contributed by atoms with Gasteiger partial charge in [0.1, 0.15) is 0 Å². The van der Waals surface area contributed by atoms with E-state index in [9.17, 15) is 8.42 Å². The number of methoxy groups -OCH3 is 1. The van der Waals surface area contributed by atoms with Gasteiger partial charge in [-0.15, -0.1) is 11.3 Å². The van der Waals surface area contributed by atoms with Gasteiger partial charge in [0.05, 0.1) is 5.75 Å². The summed E-state index contributed by atoms with van der Waals surface area (Å²) in [4.78, 5) is 1.02. The molecule has 0 saturated heterocycles. The van der Waals surface area contributed by atoms with Crippen molar-refractivity contribution in [2.45, 2.75) is 13.0 Å². The van der Waals surface area contributed by atoms with Crippen LogP contribution in [0.15, 0.2) is 15.9 Å². The summed E-state index contributed by atoms with van der Waals surface area (Å²) in [5.41, 5.74) is 0. The highest BCUT2D eigenvalue weighted by molar-refractivity contribution is 9.10. The maximum absolute atomic E-state index is 11.9. The molecule has 0 saturated carbocycles. The fourth-order valence-corrected chi connectivity index (χ4v) is 4.01. The minimum Gasteiger partial charge on any atom is -0.385 e. The van der Waals surface area contributed by atoms with Crippen molar-refractivity contribution in [2.75, 3.05) is 26.5 Å². The Kier molecular flexibility index (Phi) is 6.08. The monoisotopic (exact) mass is 341 g/mol. The minimum atomic E-state index is -3.18. The fourth-order valence-electron chi connectivity index (χ4n) is 1.30. The van der Waals surface area contributed by atoms with Crippen molar-refractivity contribution < 1.29 is 13.2 Å². The maximum Gasteiger partial charge on any atom is 0.214 e. The third-order valence-electron chi connectivity index (χ3n) is 2.23. The van der Waals surface area contributed by atoms with Crippen LogP contribution in [0, 0.1) is 0 Å². The van der Waals surface area contributed by atoms with E-state index in [2.05, 4.69) is 15.9 Å². The first-order chi connectivity index (χ1) is 7.95. The molecule has 1 heterocycles. The highest BCUT2D eigenvalue weighted by atomic mass is 79.9. The number of sulfonamides is 1. The zero-order valence-corrected chi connectivity index (χ0v) is 13.1. The largest absolute Gasteiger partial charge is 0.385 e. The van der Waals surface area contributed by atoms with Gasteiger partial charge in [0.15, 0.2) is 0 Å². The van der Waals surface area contributed by atoms with Gasteiger partial charge in [-0.05, 0) is 28.4 Å². The van der Waals surface area contributed by atoms with Gasteiger partial charge in [0, 0.05) is 42.0 Å². The molecule has 0 aliphatic carbocycles. The van der Waals surface area contributed by atoms with Gasteiger partial charge in [-0.3, -0.25) is 0 Å². The molecule has 0 unspecified atom stereocenters. The van der Waals surface area contributed by atoms with Gasteiger partial charge >= 0.3 is 0 Å². The van der Waals surface area contributed by atoms with Crippen LogP contribution >= 0.6 is 27.3 Å².